The summed E-state index contributed by atoms with van der Waals surface area (Å²) in [5, 5.41) is 12.5. The van der Waals surface area contributed by atoms with E-state index in [9.17, 15) is 9.90 Å². The first-order valence-electron chi connectivity index (χ1n) is 5.35. The number of alkyl halides is 1. The van der Waals surface area contributed by atoms with E-state index >= 15 is 0 Å². The first-order chi connectivity index (χ1) is 8.63. The van der Waals surface area contributed by atoms with Crippen molar-refractivity contribution >= 4 is 17.5 Å². The van der Waals surface area contributed by atoms with Gasteiger partial charge < -0.3 is 19.9 Å². The average molecular weight is 274 g/mol. The Hall–Kier alpha value is -1.46. The molecule has 18 heavy (non-hydrogen) atoms. The number of phenols is 1. The van der Waals surface area contributed by atoms with Gasteiger partial charge in [-0.2, -0.15) is 0 Å². The lowest BCUT2D eigenvalue weighted by atomic mass is 10.1. The number of ether oxygens (including phenoxy) is 2. The van der Waals surface area contributed by atoms with Crippen molar-refractivity contribution < 1.29 is 19.4 Å². The van der Waals surface area contributed by atoms with Crippen LogP contribution in [0.25, 0.3) is 0 Å². The van der Waals surface area contributed by atoms with E-state index in [0.717, 1.165) is 0 Å². The van der Waals surface area contributed by atoms with Crippen LogP contribution in [0.5, 0.6) is 11.5 Å². The van der Waals surface area contributed by atoms with Crippen molar-refractivity contribution in [1.29, 1.82) is 0 Å². The number of benzene rings is 1. The highest BCUT2D eigenvalue weighted by Gasteiger charge is 2.17. The molecule has 1 rings (SSSR count). The Kier molecular flexibility index (Phi) is 5.74. The lowest BCUT2D eigenvalue weighted by Crippen LogP contribution is -2.39. The third-order valence-corrected chi connectivity index (χ3v) is 2.73. The van der Waals surface area contributed by atoms with Crippen molar-refractivity contribution in [1.82, 2.24) is 5.32 Å². The van der Waals surface area contributed by atoms with Crippen LogP contribution in [0.3, 0.4) is 0 Å². The molecule has 1 amide bonds. The number of aromatic hydroxyl groups is 1. The first-order valence-corrected chi connectivity index (χ1v) is 5.89. The highest BCUT2D eigenvalue weighted by atomic mass is 35.5. The zero-order valence-electron chi connectivity index (χ0n) is 10.3. The fourth-order valence-electron chi connectivity index (χ4n) is 1.46. The standard InChI is InChI=1S/C12H16ClNO4/c1-17-7-8(6-13)14-12(16)9-4-3-5-10(18-2)11(9)15/h3-5,8,15H,6-7H2,1-2H3,(H,14,16). The van der Waals surface area contributed by atoms with E-state index in [2.05, 4.69) is 5.32 Å². The second-order valence-corrected chi connectivity index (χ2v) is 3.95. The molecule has 6 heteroatoms. The summed E-state index contributed by atoms with van der Waals surface area (Å²) < 4.78 is 9.85. The Morgan fingerprint density at radius 1 is 1.50 bits per heavy atom. The molecule has 1 aromatic rings. The lowest BCUT2D eigenvalue weighted by Gasteiger charge is -2.16. The van der Waals surface area contributed by atoms with E-state index in [1.807, 2.05) is 0 Å². The minimum Gasteiger partial charge on any atom is -0.504 e. The number of halogens is 1. The zero-order valence-corrected chi connectivity index (χ0v) is 11.0. The second kappa shape index (κ2) is 7.08. The molecular weight excluding hydrogens is 258 g/mol. The molecule has 1 unspecified atom stereocenters. The highest BCUT2D eigenvalue weighted by Crippen LogP contribution is 2.29. The fraction of sp³-hybridized carbons (Fsp3) is 0.417. The van der Waals surface area contributed by atoms with Gasteiger partial charge in [-0.05, 0) is 12.1 Å². The Morgan fingerprint density at radius 2 is 2.22 bits per heavy atom. The maximum atomic E-state index is 11.9. The SMILES string of the molecule is COCC(CCl)NC(=O)c1cccc(OC)c1O. The van der Waals surface area contributed by atoms with Gasteiger partial charge in [0.15, 0.2) is 11.5 Å². The number of carbonyl (C=O) groups excluding carboxylic acids is 1. The Morgan fingerprint density at radius 3 is 2.78 bits per heavy atom. The number of carbonyl (C=O) groups is 1. The third kappa shape index (κ3) is 3.51. The average Bonchev–Trinajstić information content (AvgIpc) is 2.38. The Balaban J connectivity index is 2.84. The summed E-state index contributed by atoms with van der Waals surface area (Å²) in [4.78, 5) is 11.9. The minimum atomic E-state index is -0.422. The molecule has 0 saturated carbocycles. The van der Waals surface area contributed by atoms with Gasteiger partial charge in [0.25, 0.3) is 5.91 Å². The Bertz CT molecular complexity index is 411. The van der Waals surface area contributed by atoms with Crippen molar-refractivity contribution in [3.8, 4) is 11.5 Å². The van der Waals surface area contributed by atoms with Crippen LogP contribution >= 0.6 is 11.6 Å². The normalized spacial score (nSPS) is 11.9. The fourth-order valence-corrected chi connectivity index (χ4v) is 1.63. The van der Waals surface area contributed by atoms with Crippen LogP contribution in [0, 0.1) is 0 Å². The molecule has 1 atom stereocenters. The molecule has 0 bridgehead atoms. The molecule has 0 spiro atoms. The molecule has 0 aromatic heterocycles. The molecule has 0 aliphatic carbocycles. The molecule has 100 valence electrons. The third-order valence-electron chi connectivity index (χ3n) is 2.35. The van der Waals surface area contributed by atoms with Gasteiger partial charge in [-0.3, -0.25) is 4.79 Å². The number of hydrogen-bond donors (Lipinski definition) is 2. The summed E-state index contributed by atoms with van der Waals surface area (Å²) in [7, 11) is 2.94. The van der Waals surface area contributed by atoms with Gasteiger partial charge in [-0.1, -0.05) is 6.07 Å². The monoisotopic (exact) mass is 273 g/mol. The van der Waals surface area contributed by atoms with Crippen LogP contribution in [0.1, 0.15) is 10.4 Å². The van der Waals surface area contributed by atoms with E-state index in [-0.39, 0.29) is 29.0 Å². The molecule has 0 radical (unpaired) electrons. The molecule has 0 aliphatic rings. The second-order valence-electron chi connectivity index (χ2n) is 3.64. The van der Waals surface area contributed by atoms with E-state index in [1.54, 1.807) is 12.1 Å². The van der Waals surface area contributed by atoms with Crippen LogP contribution in [-0.4, -0.2) is 43.8 Å². The van der Waals surface area contributed by atoms with Crippen molar-refractivity contribution in [2.24, 2.45) is 0 Å². The van der Waals surface area contributed by atoms with Crippen molar-refractivity contribution in [2.45, 2.75) is 6.04 Å². The number of nitrogens with one attached hydrogen (secondary N) is 1. The van der Waals surface area contributed by atoms with Crippen LogP contribution in [-0.2, 0) is 4.74 Å². The topological polar surface area (TPSA) is 67.8 Å². The molecule has 0 aliphatic heterocycles. The van der Waals surface area contributed by atoms with Gasteiger partial charge in [-0.25, -0.2) is 0 Å². The number of methoxy groups -OCH3 is 2. The first kappa shape index (κ1) is 14.6. The molecule has 0 saturated heterocycles. The predicted molar refractivity (Wildman–Crippen MR) is 68.5 cm³/mol. The van der Waals surface area contributed by atoms with Crippen LogP contribution in [0.4, 0.5) is 0 Å². The van der Waals surface area contributed by atoms with Crippen molar-refractivity contribution in [3.05, 3.63) is 23.8 Å². The maximum Gasteiger partial charge on any atom is 0.255 e. The molecule has 1 aromatic carbocycles. The molecule has 5 nitrogen and oxygen atoms in total. The number of amides is 1. The molecule has 2 N–H and O–H groups in total. The number of para-hydroxylation sites is 1. The van der Waals surface area contributed by atoms with Crippen LogP contribution < -0.4 is 10.1 Å². The van der Waals surface area contributed by atoms with Crippen molar-refractivity contribution in [2.75, 3.05) is 26.7 Å². The van der Waals surface area contributed by atoms with Gasteiger partial charge in [0.1, 0.15) is 0 Å². The molecule has 0 fully saturated rings. The Labute approximate surface area is 111 Å². The maximum absolute atomic E-state index is 11.9. The van der Waals surface area contributed by atoms with E-state index in [1.165, 1.54) is 20.3 Å². The van der Waals surface area contributed by atoms with Crippen LogP contribution in [0.2, 0.25) is 0 Å². The number of phenolic OH excluding ortho intramolecular Hbond substituents is 1. The quantitative estimate of drug-likeness (QED) is 0.769. The number of rotatable bonds is 6. The highest BCUT2D eigenvalue weighted by molar-refractivity contribution is 6.18. The number of hydrogen-bond acceptors (Lipinski definition) is 4. The summed E-state index contributed by atoms with van der Waals surface area (Å²) in [5.41, 5.74) is 0.139. The zero-order chi connectivity index (χ0) is 13.5. The minimum absolute atomic E-state index is 0.139. The predicted octanol–water partition coefficient (Wildman–Crippen LogP) is 1.38. The molecular formula is C12H16ClNO4. The smallest absolute Gasteiger partial charge is 0.255 e. The van der Waals surface area contributed by atoms with Gasteiger partial charge in [-0.15, -0.1) is 11.6 Å². The largest absolute Gasteiger partial charge is 0.504 e. The van der Waals surface area contributed by atoms with Gasteiger partial charge in [0.05, 0.1) is 25.3 Å². The van der Waals surface area contributed by atoms with Gasteiger partial charge >= 0.3 is 0 Å². The van der Waals surface area contributed by atoms with E-state index < -0.39 is 5.91 Å². The summed E-state index contributed by atoms with van der Waals surface area (Å²) >= 11 is 5.69. The van der Waals surface area contributed by atoms with Crippen molar-refractivity contribution in [3.63, 3.8) is 0 Å². The van der Waals surface area contributed by atoms with Crippen LogP contribution in [0.15, 0.2) is 18.2 Å². The summed E-state index contributed by atoms with van der Waals surface area (Å²) in [6.07, 6.45) is 0. The summed E-state index contributed by atoms with van der Waals surface area (Å²) in [6, 6.07) is 4.39. The van der Waals surface area contributed by atoms with Gasteiger partial charge in [0.2, 0.25) is 0 Å². The summed E-state index contributed by atoms with van der Waals surface area (Å²) in [6.45, 7) is 0.306. The molecule has 0 heterocycles. The van der Waals surface area contributed by atoms with Gasteiger partial charge in [0, 0.05) is 13.0 Å². The summed E-state index contributed by atoms with van der Waals surface area (Å²) in [5.74, 6) is -0.140. The van der Waals surface area contributed by atoms with E-state index in [0.29, 0.717) is 6.61 Å². The van der Waals surface area contributed by atoms with E-state index in [4.69, 9.17) is 21.1 Å². The lowest BCUT2D eigenvalue weighted by molar-refractivity contribution is 0.0903.